The Labute approximate surface area is 137 Å². The lowest BCUT2D eigenvalue weighted by atomic mass is 9.99. The van der Waals surface area contributed by atoms with Gasteiger partial charge in [-0.15, -0.1) is 0 Å². The average molecular weight is 312 g/mol. The molecule has 1 aliphatic rings. The standard InChI is InChI=1S/C18H24N4O/c1-14-17(8-5-11-19-14)21-18(23)10-9-15-12-20-22(13-15)16-6-3-2-4-7-16/h2-4,6-7,12-14,17,19H,5,8-11H2,1H3,(H,21,23). The molecular formula is C18H24N4O. The van der Waals surface area contributed by atoms with E-state index in [0.29, 0.717) is 18.9 Å². The summed E-state index contributed by atoms with van der Waals surface area (Å²) < 4.78 is 1.85. The Balaban J connectivity index is 1.50. The minimum absolute atomic E-state index is 0.123. The van der Waals surface area contributed by atoms with Crippen molar-refractivity contribution in [3.8, 4) is 5.69 Å². The molecule has 1 aromatic carbocycles. The lowest BCUT2D eigenvalue weighted by molar-refractivity contribution is -0.122. The fourth-order valence-corrected chi connectivity index (χ4v) is 2.99. The quantitative estimate of drug-likeness (QED) is 0.888. The third-order valence-corrected chi connectivity index (χ3v) is 4.41. The van der Waals surface area contributed by atoms with Crippen molar-refractivity contribution in [3.63, 3.8) is 0 Å². The van der Waals surface area contributed by atoms with E-state index in [0.717, 1.165) is 30.6 Å². The predicted octanol–water partition coefficient (Wildman–Crippen LogP) is 2.06. The number of benzene rings is 1. The molecule has 1 aromatic heterocycles. The Bertz CT molecular complexity index is 637. The molecule has 0 saturated carbocycles. The highest BCUT2D eigenvalue weighted by molar-refractivity contribution is 5.76. The number of nitrogens with one attached hydrogen (secondary N) is 2. The van der Waals surface area contributed by atoms with Gasteiger partial charge < -0.3 is 10.6 Å². The number of rotatable bonds is 5. The maximum absolute atomic E-state index is 12.1. The van der Waals surface area contributed by atoms with Gasteiger partial charge in [0.05, 0.1) is 11.9 Å². The minimum Gasteiger partial charge on any atom is -0.352 e. The van der Waals surface area contributed by atoms with Crippen molar-refractivity contribution < 1.29 is 4.79 Å². The summed E-state index contributed by atoms with van der Waals surface area (Å²) in [5.41, 5.74) is 2.11. The molecule has 0 radical (unpaired) electrons. The van der Waals surface area contributed by atoms with Crippen molar-refractivity contribution in [1.29, 1.82) is 0 Å². The van der Waals surface area contributed by atoms with E-state index in [1.165, 1.54) is 0 Å². The second-order valence-electron chi connectivity index (χ2n) is 6.19. The third kappa shape index (κ3) is 4.20. The maximum Gasteiger partial charge on any atom is 0.220 e. The predicted molar refractivity (Wildman–Crippen MR) is 90.5 cm³/mol. The van der Waals surface area contributed by atoms with Gasteiger partial charge in [0, 0.05) is 24.7 Å². The van der Waals surface area contributed by atoms with Gasteiger partial charge >= 0.3 is 0 Å². The first-order chi connectivity index (χ1) is 11.2. The summed E-state index contributed by atoms with van der Waals surface area (Å²) in [6, 6.07) is 10.6. The smallest absolute Gasteiger partial charge is 0.220 e. The number of amides is 1. The number of para-hydroxylation sites is 1. The topological polar surface area (TPSA) is 58.9 Å². The van der Waals surface area contributed by atoms with Gasteiger partial charge in [0.2, 0.25) is 5.91 Å². The molecule has 0 aliphatic carbocycles. The average Bonchev–Trinajstić information content (AvgIpc) is 3.05. The molecule has 23 heavy (non-hydrogen) atoms. The Hall–Kier alpha value is -2.14. The molecule has 2 unspecified atom stereocenters. The normalized spacial score (nSPS) is 21.1. The number of piperidine rings is 1. The summed E-state index contributed by atoms with van der Waals surface area (Å²) in [4.78, 5) is 12.1. The Morgan fingerprint density at radius 2 is 2.22 bits per heavy atom. The summed E-state index contributed by atoms with van der Waals surface area (Å²) in [6.07, 6.45) is 7.24. The van der Waals surface area contributed by atoms with E-state index < -0.39 is 0 Å². The molecule has 5 nitrogen and oxygen atoms in total. The van der Waals surface area contributed by atoms with Crippen molar-refractivity contribution in [2.45, 2.75) is 44.7 Å². The number of carbonyl (C=O) groups excluding carboxylic acids is 1. The molecule has 1 saturated heterocycles. The van der Waals surface area contributed by atoms with Crippen LogP contribution in [0.1, 0.15) is 31.7 Å². The zero-order valence-corrected chi connectivity index (χ0v) is 13.5. The van der Waals surface area contributed by atoms with Gasteiger partial charge in [-0.25, -0.2) is 4.68 Å². The van der Waals surface area contributed by atoms with Crippen molar-refractivity contribution in [2.24, 2.45) is 0 Å². The van der Waals surface area contributed by atoms with E-state index in [2.05, 4.69) is 22.7 Å². The molecule has 5 heteroatoms. The molecule has 1 fully saturated rings. The van der Waals surface area contributed by atoms with Crippen LogP contribution in [0.4, 0.5) is 0 Å². The second-order valence-corrected chi connectivity index (χ2v) is 6.19. The number of carbonyl (C=O) groups is 1. The highest BCUT2D eigenvalue weighted by Gasteiger charge is 2.22. The summed E-state index contributed by atoms with van der Waals surface area (Å²) in [5, 5.41) is 10.9. The first-order valence-corrected chi connectivity index (χ1v) is 8.34. The first kappa shape index (κ1) is 15.7. The number of hydrogen-bond acceptors (Lipinski definition) is 3. The van der Waals surface area contributed by atoms with E-state index in [-0.39, 0.29) is 11.9 Å². The van der Waals surface area contributed by atoms with Crippen molar-refractivity contribution in [1.82, 2.24) is 20.4 Å². The van der Waals surface area contributed by atoms with Crippen molar-refractivity contribution in [2.75, 3.05) is 6.54 Å². The van der Waals surface area contributed by atoms with Crippen LogP contribution in [0, 0.1) is 0 Å². The van der Waals surface area contributed by atoms with Crippen LogP contribution in [0.5, 0.6) is 0 Å². The van der Waals surface area contributed by atoms with Gasteiger partial charge in [0.1, 0.15) is 0 Å². The van der Waals surface area contributed by atoms with E-state index in [4.69, 9.17) is 0 Å². The Kier molecular flexibility index (Phi) is 5.08. The molecule has 2 aromatic rings. The van der Waals surface area contributed by atoms with Gasteiger partial charge in [0.15, 0.2) is 0 Å². The SMILES string of the molecule is CC1NCCCC1NC(=O)CCc1cnn(-c2ccccc2)c1. The maximum atomic E-state index is 12.1. The molecule has 0 bridgehead atoms. The van der Waals surface area contributed by atoms with Crippen molar-refractivity contribution in [3.05, 3.63) is 48.3 Å². The summed E-state index contributed by atoms with van der Waals surface area (Å²) in [7, 11) is 0. The molecule has 2 atom stereocenters. The van der Waals surface area contributed by atoms with Crippen LogP contribution in [0.3, 0.4) is 0 Å². The van der Waals surface area contributed by atoms with E-state index in [9.17, 15) is 4.79 Å². The number of hydrogen-bond donors (Lipinski definition) is 2. The van der Waals surface area contributed by atoms with Crippen LogP contribution < -0.4 is 10.6 Å². The number of aromatic nitrogens is 2. The number of nitrogens with zero attached hydrogens (tertiary/aromatic N) is 2. The second kappa shape index (κ2) is 7.42. The van der Waals surface area contributed by atoms with Gasteiger partial charge in [-0.2, -0.15) is 5.10 Å². The molecule has 2 heterocycles. The molecule has 2 N–H and O–H groups in total. The fourth-order valence-electron chi connectivity index (χ4n) is 2.99. The molecule has 3 rings (SSSR count). The lowest BCUT2D eigenvalue weighted by Crippen LogP contribution is -2.51. The fraction of sp³-hybridized carbons (Fsp3) is 0.444. The van der Waals surface area contributed by atoms with Crippen LogP contribution in [0.25, 0.3) is 5.69 Å². The van der Waals surface area contributed by atoms with E-state index >= 15 is 0 Å². The lowest BCUT2D eigenvalue weighted by Gasteiger charge is -2.30. The summed E-state index contributed by atoms with van der Waals surface area (Å²) in [6.45, 7) is 3.18. The van der Waals surface area contributed by atoms with Gasteiger partial charge in [0.25, 0.3) is 0 Å². The highest BCUT2D eigenvalue weighted by atomic mass is 16.1. The largest absolute Gasteiger partial charge is 0.352 e. The molecule has 1 aliphatic heterocycles. The van der Waals surface area contributed by atoms with Gasteiger partial charge in [-0.1, -0.05) is 18.2 Å². The Morgan fingerprint density at radius 3 is 3.00 bits per heavy atom. The molecule has 0 spiro atoms. The zero-order chi connectivity index (χ0) is 16.1. The highest BCUT2D eigenvalue weighted by Crippen LogP contribution is 2.11. The molecule has 122 valence electrons. The monoisotopic (exact) mass is 312 g/mol. The Morgan fingerprint density at radius 1 is 1.39 bits per heavy atom. The molecule has 1 amide bonds. The van der Waals surface area contributed by atoms with Gasteiger partial charge in [-0.05, 0) is 50.4 Å². The van der Waals surface area contributed by atoms with E-state index in [1.807, 2.05) is 47.4 Å². The van der Waals surface area contributed by atoms with Gasteiger partial charge in [-0.3, -0.25) is 4.79 Å². The van der Waals surface area contributed by atoms with Crippen molar-refractivity contribution >= 4 is 5.91 Å². The van der Waals surface area contributed by atoms with Crippen LogP contribution in [0.2, 0.25) is 0 Å². The zero-order valence-electron chi connectivity index (χ0n) is 13.5. The summed E-state index contributed by atoms with van der Waals surface area (Å²) >= 11 is 0. The van der Waals surface area contributed by atoms with Crippen LogP contribution >= 0.6 is 0 Å². The molecular weight excluding hydrogens is 288 g/mol. The van der Waals surface area contributed by atoms with Crippen LogP contribution in [-0.2, 0) is 11.2 Å². The third-order valence-electron chi connectivity index (χ3n) is 4.41. The van der Waals surface area contributed by atoms with Crippen LogP contribution in [-0.4, -0.2) is 34.3 Å². The minimum atomic E-state index is 0.123. The van der Waals surface area contributed by atoms with Crippen LogP contribution in [0.15, 0.2) is 42.7 Å². The number of aryl methyl sites for hydroxylation is 1. The first-order valence-electron chi connectivity index (χ1n) is 8.34. The summed E-state index contributed by atoms with van der Waals surface area (Å²) in [5.74, 6) is 0.123. The van der Waals surface area contributed by atoms with E-state index in [1.54, 1.807) is 0 Å².